The van der Waals surface area contributed by atoms with Crippen LogP contribution < -0.4 is 10.6 Å². The summed E-state index contributed by atoms with van der Waals surface area (Å²) in [6.45, 7) is 1.98. The molecular formula is C13H16N4S. The van der Waals surface area contributed by atoms with E-state index in [4.69, 9.17) is 5.73 Å². The van der Waals surface area contributed by atoms with Gasteiger partial charge in [0.25, 0.3) is 0 Å². The Kier molecular flexibility index (Phi) is 3.25. The predicted octanol–water partition coefficient (Wildman–Crippen LogP) is 2.13. The zero-order valence-electron chi connectivity index (χ0n) is 10.1. The summed E-state index contributed by atoms with van der Waals surface area (Å²) in [5.74, 6) is 1.01. The topological polar surface area (TPSA) is 55.0 Å². The van der Waals surface area contributed by atoms with Crippen LogP contribution in [0.2, 0.25) is 0 Å². The molecule has 1 saturated heterocycles. The zero-order chi connectivity index (χ0) is 12.4. The smallest absolute Gasteiger partial charge is 0.132 e. The molecule has 18 heavy (non-hydrogen) atoms. The first-order valence-electron chi connectivity index (χ1n) is 6.19. The Morgan fingerprint density at radius 1 is 1.28 bits per heavy atom. The van der Waals surface area contributed by atoms with Gasteiger partial charge in [0.1, 0.15) is 12.1 Å². The van der Waals surface area contributed by atoms with Crippen molar-refractivity contribution in [2.45, 2.75) is 18.9 Å². The number of piperidine rings is 1. The summed E-state index contributed by atoms with van der Waals surface area (Å²) in [7, 11) is 0. The summed E-state index contributed by atoms with van der Waals surface area (Å²) >= 11 is 1.70. The highest BCUT2D eigenvalue weighted by atomic mass is 32.1. The van der Waals surface area contributed by atoms with Crippen LogP contribution in [0.1, 0.15) is 12.8 Å². The molecule has 2 aromatic heterocycles. The summed E-state index contributed by atoms with van der Waals surface area (Å²) in [6.07, 6.45) is 3.73. The Labute approximate surface area is 110 Å². The first-order valence-corrected chi connectivity index (χ1v) is 7.07. The lowest BCUT2D eigenvalue weighted by Gasteiger charge is -2.31. The third kappa shape index (κ3) is 2.37. The van der Waals surface area contributed by atoms with Gasteiger partial charge in [0.15, 0.2) is 0 Å². The van der Waals surface area contributed by atoms with Gasteiger partial charge in [0.05, 0.1) is 10.6 Å². The van der Waals surface area contributed by atoms with Gasteiger partial charge in [-0.05, 0) is 24.3 Å². The van der Waals surface area contributed by atoms with E-state index in [9.17, 15) is 0 Å². The molecule has 0 spiro atoms. The van der Waals surface area contributed by atoms with E-state index in [0.29, 0.717) is 6.04 Å². The molecule has 3 rings (SSSR count). The Morgan fingerprint density at radius 3 is 2.83 bits per heavy atom. The fourth-order valence-corrected chi connectivity index (χ4v) is 2.90. The highest BCUT2D eigenvalue weighted by molar-refractivity contribution is 7.13. The molecule has 0 amide bonds. The van der Waals surface area contributed by atoms with E-state index >= 15 is 0 Å². The van der Waals surface area contributed by atoms with Gasteiger partial charge in [0, 0.05) is 25.2 Å². The average molecular weight is 260 g/mol. The normalized spacial score (nSPS) is 17.1. The quantitative estimate of drug-likeness (QED) is 0.898. The van der Waals surface area contributed by atoms with E-state index in [1.165, 1.54) is 4.88 Å². The maximum absolute atomic E-state index is 5.92. The number of hydrogen-bond acceptors (Lipinski definition) is 5. The van der Waals surface area contributed by atoms with Crippen molar-refractivity contribution in [3.05, 3.63) is 29.9 Å². The molecule has 1 fully saturated rings. The molecule has 0 saturated carbocycles. The van der Waals surface area contributed by atoms with Gasteiger partial charge >= 0.3 is 0 Å². The van der Waals surface area contributed by atoms with Crippen LogP contribution in [0.25, 0.3) is 10.6 Å². The van der Waals surface area contributed by atoms with Gasteiger partial charge in [-0.2, -0.15) is 0 Å². The van der Waals surface area contributed by atoms with E-state index < -0.39 is 0 Å². The third-order valence-electron chi connectivity index (χ3n) is 3.29. The molecule has 0 radical (unpaired) electrons. The highest BCUT2D eigenvalue weighted by Gasteiger charge is 2.17. The molecule has 0 aromatic carbocycles. The molecule has 1 aliphatic rings. The van der Waals surface area contributed by atoms with Crippen LogP contribution in [-0.4, -0.2) is 29.1 Å². The van der Waals surface area contributed by atoms with Crippen molar-refractivity contribution >= 4 is 17.2 Å². The first-order chi connectivity index (χ1) is 8.83. The van der Waals surface area contributed by atoms with Crippen molar-refractivity contribution in [2.24, 2.45) is 5.73 Å². The fraction of sp³-hybridized carbons (Fsp3) is 0.385. The molecule has 94 valence electrons. The molecule has 0 atom stereocenters. The van der Waals surface area contributed by atoms with Crippen LogP contribution in [-0.2, 0) is 0 Å². The van der Waals surface area contributed by atoms with E-state index in [1.54, 1.807) is 17.7 Å². The summed E-state index contributed by atoms with van der Waals surface area (Å²) in [6, 6.07) is 6.55. The van der Waals surface area contributed by atoms with Crippen molar-refractivity contribution in [1.82, 2.24) is 9.97 Å². The summed E-state index contributed by atoms with van der Waals surface area (Å²) in [5, 5.41) is 2.07. The minimum Gasteiger partial charge on any atom is -0.356 e. The molecule has 1 aliphatic heterocycles. The monoisotopic (exact) mass is 260 g/mol. The number of thiophene rings is 1. The Hall–Kier alpha value is -1.46. The van der Waals surface area contributed by atoms with Crippen LogP contribution in [0.3, 0.4) is 0 Å². The van der Waals surface area contributed by atoms with Gasteiger partial charge < -0.3 is 10.6 Å². The average Bonchev–Trinajstić information content (AvgIpc) is 2.94. The maximum atomic E-state index is 5.92. The van der Waals surface area contributed by atoms with Crippen molar-refractivity contribution in [1.29, 1.82) is 0 Å². The molecule has 0 unspecified atom stereocenters. The first kappa shape index (κ1) is 11.6. The number of hydrogen-bond donors (Lipinski definition) is 1. The second-order valence-electron chi connectivity index (χ2n) is 4.56. The van der Waals surface area contributed by atoms with E-state index in [2.05, 4.69) is 32.4 Å². The molecule has 2 aromatic rings. The van der Waals surface area contributed by atoms with Crippen LogP contribution in [0, 0.1) is 0 Å². The zero-order valence-corrected chi connectivity index (χ0v) is 10.9. The Morgan fingerprint density at radius 2 is 2.11 bits per heavy atom. The molecule has 5 heteroatoms. The second-order valence-corrected chi connectivity index (χ2v) is 5.51. The lowest BCUT2D eigenvalue weighted by molar-refractivity contribution is 0.498. The van der Waals surface area contributed by atoms with Crippen molar-refractivity contribution in [2.75, 3.05) is 18.0 Å². The van der Waals surface area contributed by atoms with E-state index in [1.807, 2.05) is 6.07 Å². The predicted molar refractivity (Wildman–Crippen MR) is 74.8 cm³/mol. The summed E-state index contributed by atoms with van der Waals surface area (Å²) in [5.41, 5.74) is 6.93. The largest absolute Gasteiger partial charge is 0.356 e. The number of nitrogens with zero attached hydrogens (tertiary/aromatic N) is 3. The van der Waals surface area contributed by atoms with Crippen LogP contribution >= 0.6 is 11.3 Å². The van der Waals surface area contributed by atoms with Gasteiger partial charge in [-0.3, -0.25) is 0 Å². The lowest BCUT2D eigenvalue weighted by atomic mass is 10.1. The van der Waals surface area contributed by atoms with E-state index in [0.717, 1.165) is 37.4 Å². The molecular weight excluding hydrogens is 244 g/mol. The summed E-state index contributed by atoms with van der Waals surface area (Å²) in [4.78, 5) is 12.2. The molecule has 0 aliphatic carbocycles. The molecule has 0 bridgehead atoms. The van der Waals surface area contributed by atoms with Gasteiger partial charge in [0.2, 0.25) is 0 Å². The highest BCUT2D eigenvalue weighted by Crippen LogP contribution is 2.25. The standard InChI is InChI=1S/C13H16N4S/c14-10-3-5-17(6-4-10)13-8-11(15-9-16-13)12-2-1-7-18-12/h1-2,7-10H,3-6,14H2. The maximum Gasteiger partial charge on any atom is 0.132 e. The number of anilines is 1. The van der Waals surface area contributed by atoms with Gasteiger partial charge in [-0.25, -0.2) is 9.97 Å². The minimum absolute atomic E-state index is 0.347. The Bertz CT molecular complexity index is 503. The third-order valence-corrected chi connectivity index (χ3v) is 4.18. The molecule has 3 heterocycles. The lowest BCUT2D eigenvalue weighted by Crippen LogP contribution is -2.40. The second kappa shape index (κ2) is 5.04. The SMILES string of the molecule is NC1CCN(c2cc(-c3cccs3)ncn2)CC1. The minimum atomic E-state index is 0.347. The fourth-order valence-electron chi connectivity index (χ4n) is 2.21. The van der Waals surface area contributed by atoms with Crippen LogP contribution in [0.5, 0.6) is 0 Å². The van der Waals surface area contributed by atoms with Crippen LogP contribution in [0.15, 0.2) is 29.9 Å². The number of aromatic nitrogens is 2. The van der Waals surface area contributed by atoms with Gasteiger partial charge in [-0.1, -0.05) is 6.07 Å². The van der Waals surface area contributed by atoms with Crippen molar-refractivity contribution in [3.63, 3.8) is 0 Å². The molecule has 2 N–H and O–H groups in total. The Balaban J connectivity index is 1.83. The number of rotatable bonds is 2. The van der Waals surface area contributed by atoms with E-state index in [-0.39, 0.29) is 0 Å². The van der Waals surface area contributed by atoms with Gasteiger partial charge in [-0.15, -0.1) is 11.3 Å². The van der Waals surface area contributed by atoms with Crippen LogP contribution in [0.4, 0.5) is 5.82 Å². The van der Waals surface area contributed by atoms with Crippen molar-refractivity contribution < 1.29 is 0 Å². The van der Waals surface area contributed by atoms with Crippen molar-refractivity contribution in [3.8, 4) is 10.6 Å². The number of nitrogens with two attached hydrogens (primary N) is 1. The summed E-state index contributed by atoms with van der Waals surface area (Å²) < 4.78 is 0. The molecule has 4 nitrogen and oxygen atoms in total.